The Morgan fingerprint density at radius 1 is 1.39 bits per heavy atom. The van der Waals surface area contributed by atoms with Gasteiger partial charge in [0, 0.05) is 28.6 Å². The highest BCUT2D eigenvalue weighted by Gasteiger charge is 2.28. The predicted octanol–water partition coefficient (Wildman–Crippen LogP) is 3.18. The van der Waals surface area contributed by atoms with Gasteiger partial charge in [-0.2, -0.15) is 0 Å². The maximum atomic E-state index is 12.8. The quantitative estimate of drug-likeness (QED) is 0.570. The zero-order chi connectivity index (χ0) is 19.3. The molecule has 1 atom stereocenters. The van der Waals surface area contributed by atoms with Crippen molar-refractivity contribution in [3.05, 3.63) is 52.6 Å². The van der Waals surface area contributed by atoms with E-state index in [9.17, 15) is 4.79 Å². The Morgan fingerprint density at radius 3 is 3.11 bits per heavy atom. The lowest BCUT2D eigenvalue weighted by Gasteiger charge is -2.11. The van der Waals surface area contributed by atoms with Gasteiger partial charge in [0.1, 0.15) is 18.1 Å². The van der Waals surface area contributed by atoms with E-state index in [0.717, 1.165) is 21.0 Å². The number of rotatable bonds is 4. The molecule has 0 fully saturated rings. The van der Waals surface area contributed by atoms with Crippen molar-refractivity contribution in [1.82, 2.24) is 24.9 Å². The Morgan fingerprint density at radius 2 is 2.29 bits per heavy atom. The molecule has 0 aliphatic carbocycles. The van der Waals surface area contributed by atoms with Crippen molar-refractivity contribution < 1.29 is 13.9 Å². The fraction of sp³-hybridized carbons (Fsp3) is 0.263. The van der Waals surface area contributed by atoms with E-state index in [1.807, 2.05) is 42.6 Å². The van der Waals surface area contributed by atoms with Gasteiger partial charge in [0.05, 0.1) is 12.2 Å². The molecule has 5 rings (SSSR count). The molecular formula is C19H17N5O3S. The maximum Gasteiger partial charge on any atom is 0.270 e. The molecule has 0 saturated carbocycles. The van der Waals surface area contributed by atoms with Crippen LogP contribution >= 0.6 is 11.3 Å². The average molecular weight is 395 g/mol. The Kier molecular flexibility index (Phi) is 3.90. The third-order valence-electron chi connectivity index (χ3n) is 4.67. The summed E-state index contributed by atoms with van der Waals surface area (Å²) in [6.45, 7) is 4.33. The molecule has 9 heteroatoms. The molecule has 0 radical (unpaired) electrons. The SMILES string of the molecule is CCc1nnc(-c2ccc3c(c2)OC[C@H]3NC(=O)c2cnc3sc(C)cn23)o1. The number of benzene rings is 1. The molecule has 28 heavy (non-hydrogen) atoms. The minimum Gasteiger partial charge on any atom is -0.491 e. The van der Waals surface area contributed by atoms with E-state index in [-0.39, 0.29) is 11.9 Å². The number of aryl methyl sites for hydroxylation is 2. The first-order valence-corrected chi connectivity index (χ1v) is 9.78. The molecule has 8 nitrogen and oxygen atoms in total. The van der Waals surface area contributed by atoms with Crippen LogP contribution in [0, 0.1) is 6.92 Å². The Balaban J connectivity index is 1.38. The first-order chi connectivity index (χ1) is 13.6. The molecule has 142 valence electrons. The molecule has 1 N–H and O–H groups in total. The Bertz CT molecular complexity index is 1190. The summed E-state index contributed by atoms with van der Waals surface area (Å²) < 4.78 is 13.2. The minimum absolute atomic E-state index is 0.180. The largest absolute Gasteiger partial charge is 0.491 e. The summed E-state index contributed by atoms with van der Waals surface area (Å²) in [7, 11) is 0. The summed E-state index contributed by atoms with van der Waals surface area (Å²) in [6.07, 6.45) is 4.21. The standard InChI is InChI=1S/C19H17N5O3S/c1-3-16-22-23-18(27-16)11-4-5-12-13(9-26-15(12)6-11)21-17(25)14-7-20-19-24(14)8-10(2)28-19/h4-8,13H,3,9H2,1-2H3,(H,21,25)/t13-/m1/s1. The van der Waals surface area contributed by atoms with E-state index < -0.39 is 0 Å². The van der Waals surface area contributed by atoms with Gasteiger partial charge >= 0.3 is 0 Å². The van der Waals surface area contributed by atoms with Crippen LogP contribution in [0.25, 0.3) is 16.4 Å². The summed E-state index contributed by atoms with van der Waals surface area (Å²) in [5, 5.41) is 11.1. The fourth-order valence-electron chi connectivity index (χ4n) is 3.27. The monoisotopic (exact) mass is 395 g/mol. The number of ether oxygens (including phenoxy) is 1. The van der Waals surface area contributed by atoms with Crippen LogP contribution in [0.15, 0.2) is 35.0 Å². The number of hydrogen-bond donors (Lipinski definition) is 1. The van der Waals surface area contributed by atoms with E-state index in [1.54, 1.807) is 17.5 Å². The molecular weight excluding hydrogens is 378 g/mol. The highest BCUT2D eigenvalue weighted by molar-refractivity contribution is 7.17. The second kappa shape index (κ2) is 6.45. The van der Waals surface area contributed by atoms with Gasteiger partial charge in [-0.3, -0.25) is 9.20 Å². The van der Waals surface area contributed by atoms with Crippen LogP contribution < -0.4 is 10.1 Å². The molecule has 0 unspecified atom stereocenters. The number of carbonyl (C=O) groups is 1. The van der Waals surface area contributed by atoms with Crippen molar-refractivity contribution in [3.8, 4) is 17.2 Å². The van der Waals surface area contributed by atoms with Crippen molar-refractivity contribution in [2.75, 3.05) is 6.61 Å². The summed E-state index contributed by atoms with van der Waals surface area (Å²) in [4.78, 5) is 19.0. The molecule has 4 heterocycles. The van der Waals surface area contributed by atoms with Crippen molar-refractivity contribution in [1.29, 1.82) is 0 Å². The molecule has 1 amide bonds. The van der Waals surface area contributed by atoms with Crippen LogP contribution in [-0.2, 0) is 6.42 Å². The van der Waals surface area contributed by atoms with E-state index in [0.29, 0.717) is 36.3 Å². The third kappa shape index (κ3) is 2.75. The number of fused-ring (bicyclic) bond motifs is 2. The van der Waals surface area contributed by atoms with Gasteiger partial charge in [-0.1, -0.05) is 13.0 Å². The van der Waals surface area contributed by atoms with Gasteiger partial charge < -0.3 is 14.5 Å². The van der Waals surface area contributed by atoms with E-state index in [1.165, 1.54) is 0 Å². The highest BCUT2D eigenvalue weighted by atomic mass is 32.1. The lowest BCUT2D eigenvalue weighted by molar-refractivity contribution is 0.0924. The molecule has 0 spiro atoms. The maximum absolute atomic E-state index is 12.8. The molecule has 3 aromatic heterocycles. The zero-order valence-electron chi connectivity index (χ0n) is 15.3. The molecule has 1 aliphatic rings. The summed E-state index contributed by atoms with van der Waals surface area (Å²) >= 11 is 1.55. The van der Waals surface area contributed by atoms with Crippen LogP contribution in [0.5, 0.6) is 5.75 Å². The number of carbonyl (C=O) groups excluding carboxylic acids is 1. The van der Waals surface area contributed by atoms with Crippen molar-refractivity contribution >= 4 is 22.2 Å². The number of nitrogens with zero attached hydrogens (tertiary/aromatic N) is 4. The summed E-state index contributed by atoms with van der Waals surface area (Å²) in [6, 6.07) is 5.47. The number of amides is 1. The molecule has 4 aromatic rings. The predicted molar refractivity (Wildman–Crippen MR) is 103 cm³/mol. The zero-order valence-corrected chi connectivity index (χ0v) is 16.1. The van der Waals surface area contributed by atoms with Crippen molar-refractivity contribution in [2.45, 2.75) is 26.3 Å². The second-order valence-corrected chi connectivity index (χ2v) is 7.80. The summed E-state index contributed by atoms with van der Waals surface area (Å²) in [5.74, 6) is 1.59. The van der Waals surface area contributed by atoms with E-state index in [2.05, 4.69) is 20.5 Å². The smallest absolute Gasteiger partial charge is 0.270 e. The number of hydrogen-bond acceptors (Lipinski definition) is 7. The number of nitrogens with one attached hydrogen (secondary N) is 1. The van der Waals surface area contributed by atoms with Gasteiger partial charge in [-0.15, -0.1) is 21.5 Å². The van der Waals surface area contributed by atoms with Gasteiger partial charge in [-0.25, -0.2) is 4.98 Å². The average Bonchev–Trinajstić information content (AvgIpc) is 3.44. The van der Waals surface area contributed by atoms with Crippen molar-refractivity contribution in [3.63, 3.8) is 0 Å². The lowest BCUT2D eigenvalue weighted by atomic mass is 10.1. The topological polar surface area (TPSA) is 94.6 Å². The van der Waals surface area contributed by atoms with Crippen LogP contribution in [-0.4, -0.2) is 32.1 Å². The van der Waals surface area contributed by atoms with E-state index in [4.69, 9.17) is 9.15 Å². The van der Waals surface area contributed by atoms with Crippen molar-refractivity contribution in [2.24, 2.45) is 0 Å². The van der Waals surface area contributed by atoms with Crippen LogP contribution in [0.1, 0.15) is 39.8 Å². The molecule has 0 saturated heterocycles. The third-order valence-corrected chi connectivity index (χ3v) is 5.59. The lowest BCUT2D eigenvalue weighted by Crippen LogP contribution is -2.30. The molecule has 1 aromatic carbocycles. The van der Waals surface area contributed by atoms with Gasteiger partial charge in [0.25, 0.3) is 5.91 Å². The van der Waals surface area contributed by atoms with Gasteiger partial charge in [-0.05, 0) is 19.1 Å². The Hall–Kier alpha value is -3.20. The number of imidazole rings is 1. The number of thiazole rings is 1. The second-order valence-electron chi connectivity index (χ2n) is 6.58. The van der Waals surface area contributed by atoms with Crippen LogP contribution in [0.3, 0.4) is 0 Å². The molecule has 1 aliphatic heterocycles. The van der Waals surface area contributed by atoms with Crippen LogP contribution in [0.4, 0.5) is 0 Å². The van der Waals surface area contributed by atoms with Gasteiger partial charge in [0.2, 0.25) is 11.8 Å². The number of aromatic nitrogens is 4. The van der Waals surface area contributed by atoms with Gasteiger partial charge in [0.15, 0.2) is 4.96 Å². The highest BCUT2D eigenvalue weighted by Crippen LogP contribution is 2.36. The molecule has 0 bridgehead atoms. The normalized spacial score (nSPS) is 15.6. The minimum atomic E-state index is -0.226. The fourth-order valence-corrected chi connectivity index (χ4v) is 4.07. The summed E-state index contributed by atoms with van der Waals surface area (Å²) in [5.41, 5.74) is 2.24. The first-order valence-electron chi connectivity index (χ1n) is 8.96. The first kappa shape index (κ1) is 16.9. The van der Waals surface area contributed by atoms with Crippen LogP contribution in [0.2, 0.25) is 0 Å². The Labute approximate surface area is 164 Å². The van der Waals surface area contributed by atoms with E-state index >= 15 is 0 Å².